The van der Waals surface area contributed by atoms with Crippen molar-refractivity contribution >= 4 is 29.2 Å². The first-order valence-electron chi connectivity index (χ1n) is 25.4. The predicted octanol–water partition coefficient (Wildman–Crippen LogP) is 6.99. The van der Waals surface area contributed by atoms with Gasteiger partial charge in [-0.25, -0.2) is 4.79 Å². The molecule has 392 valence electrons. The smallest absolute Gasteiger partial charge is 0.326 e. The molecule has 1 aliphatic carbocycles. The summed E-state index contributed by atoms with van der Waals surface area (Å²) in [7, 11) is 4.68. The molecule has 1 amide bonds. The van der Waals surface area contributed by atoms with Crippen molar-refractivity contribution in [3.8, 4) is 0 Å². The maximum atomic E-state index is 13.6. The number of methoxy groups -OCH3 is 3. The van der Waals surface area contributed by atoms with E-state index < -0.39 is 71.7 Å². The molecule has 0 aromatic carbocycles. The number of nitrogens with zero attached hydrogens (tertiary/aromatic N) is 1. The molecule has 0 bridgehead atoms. The van der Waals surface area contributed by atoms with Gasteiger partial charge in [-0.2, -0.15) is 0 Å². The molecule has 2 heterocycles. The van der Waals surface area contributed by atoms with Gasteiger partial charge >= 0.3 is 5.97 Å². The Hall–Kier alpha value is -3.41. The standard InChI is InChI=1S/C54H87NO14/c1-33(17-13-12-14-18-34(2)46(65-9)32-42-22-20-40(8)54(64,69-42)51(60)52(61)55-24-16-15-19-43(55)53(62)63)27-38(6)48(58)50(67-11)49(59)39(7)28-37(5)44(57)30-36(4)35(3)29-41-21-23-45(68-26-25-56)47(31-41)66-10/h12-14,17-18,28,33,35-38,40-43,45-47,49-50,56,59,64H,15-16,19-27,29-32H2,1-11H3,(H,62,63)/b14-12+,17-13+,34-18+,39-28+/t33-,35-,36+,37-,38-,40-,41+,42?,43+,45-,46+,47-,49-,50+,54-/m1/s1. The topological polar surface area (TPSA) is 216 Å². The Morgan fingerprint density at radius 2 is 1.57 bits per heavy atom. The molecular formula is C54H87NO14. The summed E-state index contributed by atoms with van der Waals surface area (Å²) < 4.78 is 28.8. The van der Waals surface area contributed by atoms with E-state index in [1.54, 1.807) is 34.1 Å². The van der Waals surface area contributed by atoms with Gasteiger partial charge in [0.05, 0.1) is 37.6 Å². The second kappa shape index (κ2) is 29.2. The highest BCUT2D eigenvalue weighted by Gasteiger charge is 2.53. The average molecular weight is 974 g/mol. The van der Waals surface area contributed by atoms with Crippen molar-refractivity contribution in [2.45, 2.75) is 181 Å². The fraction of sp³-hybridized carbons (Fsp3) is 0.759. The largest absolute Gasteiger partial charge is 0.480 e. The van der Waals surface area contributed by atoms with E-state index in [9.17, 15) is 39.3 Å². The van der Waals surface area contributed by atoms with Crippen LogP contribution in [-0.4, -0.2) is 144 Å². The maximum absolute atomic E-state index is 13.6. The zero-order valence-corrected chi connectivity index (χ0v) is 43.5. The number of aliphatic carboxylic acids is 1. The molecule has 15 atom stereocenters. The molecule has 2 aliphatic heterocycles. The van der Waals surface area contributed by atoms with Gasteiger partial charge in [0.1, 0.15) is 24.0 Å². The minimum Gasteiger partial charge on any atom is -0.480 e. The highest BCUT2D eigenvalue weighted by molar-refractivity contribution is 6.39. The lowest BCUT2D eigenvalue weighted by Gasteiger charge is -2.42. The van der Waals surface area contributed by atoms with Crippen molar-refractivity contribution in [1.82, 2.24) is 4.90 Å². The third-order valence-corrected chi connectivity index (χ3v) is 15.1. The number of allylic oxidation sites excluding steroid dienone is 6. The molecule has 4 N–H and O–H groups in total. The molecule has 3 aliphatic rings. The molecule has 1 saturated carbocycles. The van der Waals surface area contributed by atoms with Gasteiger partial charge in [0.15, 0.2) is 5.78 Å². The molecule has 69 heavy (non-hydrogen) atoms. The Labute approximate surface area is 412 Å². The highest BCUT2D eigenvalue weighted by atomic mass is 16.6. The number of amides is 1. The lowest BCUT2D eigenvalue weighted by molar-refractivity contribution is -0.265. The fourth-order valence-electron chi connectivity index (χ4n) is 10.3. The van der Waals surface area contributed by atoms with Gasteiger partial charge in [0.2, 0.25) is 5.79 Å². The number of aliphatic hydroxyl groups is 3. The summed E-state index contributed by atoms with van der Waals surface area (Å²) in [5, 5.41) is 41.6. The number of carbonyl (C=O) groups excluding carboxylic acids is 4. The average Bonchev–Trinajstić information content (AvgIpc) is 3.32. The van der Waals surface area contributed by atoms with Crippen LogP contribution >= 0.6 is 0 Å². The molecule has 1 unspecified atom stereocenters. The molecule has 0 aromatic rings. The molecule has 15 heteroatoms. The van der Waals surface area contributed by atoms with Crippen molar-refractivity contribution in [1.29, 1.82) is 0 Å². The van der Waals surface area contributed by atoms with Crippen LogP contribution in [0.25, 0.3) is 0 Å². The first-order valence-corrected chi connectivity index (χ1v) is 25.4. The molecule has 3 fully saturated rings. The molecule has 0 spiro atoms. The van der Waals surface area contributed by atoms with Crippen LogP contribution in [0.1, 0.15) is 132 Å². The minimum atomic E-state index is -2.38. The normalized spacial score (nSPS) is 28.7. The summed E-state index contributed by atoms with van der Waals surface area (Å²) in [6, 6.07) is -1.12. The van der Waals surface area contributed by atoms with Crippen LogP contribution in [0.3, 0.4) is 0 Å². The SMILES string of the molecule is CO[C@@H](CC1CC[C@@H](C)[C@](O)(C(=O)C(=O)N2CCCC[C@H]2C(=O)O)O1)/C(C)=C/C=C/C=C/[C@@H](C)C[C@@H](C)C(=O)[C@H](OC)[C@H](O)/C(C)=C/[C@@H](C)C(=O)C[C@H](C)[C@H](C)C[C@@H]1CC[C@@H](OCCO)[C@H](OC)C1. The van der Waals surface area contributed by atoms with E-state index in [4.69, 9.17) is 28.8 Å². The van der Waals surface area contributed by atoms with E-state index >= 15 is 0 Å². The van der Waals surface area contributed by atoms with Crippen LogP contribution in [0, 0.1) is 41.4 Å². The molecular weight excluding hydrogens is 887 g/mol. The third kappa shape index (κ3) is 17.4. The fourth-order valence-corrected chi connectivity index (χ4v) is 10.3. The summed E-state index contributed by atoms with van der Waals surface area (Å²) in [5.74, 6) is -6.43. The maximum Gasteiger partial charge on any atom is 0.326 e. The van der Waals surface area contributed by atoms with E-state index in [0.29, 0.717) is 69.0 Å². The van der Waals surface area contributed by atoms with E-state index in [1.807, 2.05) is 58.1 Å². The van der Waals surface area contributed by atoms with E-state index in [0.717, 1.165) is 36.2 Å². The van der Waals surface area contributed by atoms with Crippen molar-refractivity contribution < 1.29 is 68.1 Å². The molecule has 2 saturated heterocycles. The Morgan fingerprint density at radius 1 is 0.855 bits per heavy atom. The van der Waals surface area contributed by atoms with Gasteiger partial charge in [-0.1, -0.05) is 78.0 Å². The van der Waals surface area contributed by atoms with Crippen molar-refractivity contribution in [3.05, 3.63) is 47.6 Å². The first-order chi connectivity index (χ1) is 32.6. The number of piperidine rings is 1. The van der Waals surface area contributed by atoms with Crippen LogP contribution in [0.15, 0.2) is 47.6 Å². The Bertz CT molecular complexity index is 1790. The second-order valence-corrected chi connectivity index (χ2v) is 20.5. The number of hydrogen-bond donors (Lipinski definition) is 4. The highest BCUT2D eigenvalue weighted by Crippen LogP contribution is 2.38. The number of carboxylic acids is 1. The van der Waals surface area contributed by atoms with Gasteiger partial charge in [0, 0.05) is 58.5 Å². The third-order valence-electron chi connectivity index (χ3n) is 15.1. The predicted molar refractivity (Wildman–Crippen MR) is 263 cm³/mol. The van der Waals surface area contributed by atoms with Crippen LogP contribution in [0.2, 0.25) is 0 Å². The molecule has 0 aromatic heterocycles. The quantitative estimate of drug-likeness (QED) is 0.0353. The van der Waals surface area contributed by atoms with Gasteiger partial charge in [-0.3, -0.25) is 19.2 Å². The Kier molecular flexibility index (Phi) is 25.3. The summed E-state index contributed by atoms with van der Waals surface area (Å²) >= 11 is 0. The van der Waals surface area contributed by atoms with Crippen LogP contribution in [0.4, 0.5) is 0 Å². The molecule has 0 radical (unpaired) electrons. The van der Waals surface area contributed by atoms with Gasteiger partial charge in [-0.05, 0) is 113 Å². The number of hydrogen-bond acceptors (Lipinski definition) is 13. The van der Waals surface area contributed by atoms with Crippen molar-refractivity contribution in [3.63, 3.8) is 0 Å². The lowest BCUT2D eigenvalue weighted by atomic mass is 9.76. The number of rotatable bonds is 28. The number of ketones is 3. The molecule has 15 nitrogen and oxygen atoms in total. The van der Waals surface area contributed by atoms with E-state index in [-0.39, 0.29) is 55.2 Å². The number of Topliss-reactive ketones (excluding diaryl/α,β-unsaturated/α-hetero) is 3. The van der Waals surface area contributed by atoms with E-state index in [1.165, 1.54) is 7.11 Å². The zero-order valence-electron chi connectivity index (χ0n) is 43.5. The van der Waals surface area contributed by atoms with Crippen LogP contribution in [0.5, 0.6) is 0 Å². The van der Waals surface area contributed by atoms with Gasteiger partial charge in [0.25, 0.3) is 11.7 Å². The summed E-state index contributed by atoms with van der Waals surface area (Å²) in [5.41, 5.74) is 1.38. The number of carboxylic acid groups (broad SMARTS) is 1. The van der Waals surface area contributed by atoms with E-state index in [2.05, 4.69) is 13.8 Å². The summed E-state index contributed by atoms with van der Waals surface area (Å²) in [6.07, 6.45) is 15.4. The summed E-state index contributed by atoms with van der Waals surface area (Å²) in [6.45, 7) is 15.7. The number of ether oxygens (including phenoxy) is 5. The first kappa shape index (κ1) is 59.9. The van der Waals surface area contributed by atoms with Crippen molar-refractivity contribution in [2.24, 2.45) is 41.4 Å². The zero-order chi connectivity index (χ0) is 51.6. The number of aliphatic hydroxyl groups excluding tert-OH is 2. The number of carbonyl (C=O) groups is 5. The van der Waals surface area contributed by atoms with Crippen LogP contribution in [-0.2, 0) is 47.7 Å². The number of likely N-dealkylation sites (tertiary alicyclic amines) is 1. The van der Waals surface area contributed by atoms with Gasteiger partial charge < -0.3 is 49.0 Å². The second-order valence-electron chi connectivity index (χ2n) is 20.5. The Morgan fingerprint density at radius 3 is 2.20 bits per heavy atom. The Balaban J connectivity index is 1.50. The summed E-state index contributed by atoms with van der Waals surface area (Å²) in [4.78, 5) is 66.6. The lowest BCUT2D eigenvalue weighted by Crippen LogP contribution is -2.60. The van der Waals surface area contributed by atoms with Crippen LogP contribution < -0.4 is 0 Å². The monoisotopic (exact) mass is 974 g/mol. The molecule has 3 rings (SSSR count). The van der Waals surface area contributed by atoms with Crippen molar-refractivity contribution in [2.75, 3.05) is 41.1 Å². The minimum absolute atomic E-state index is 0.00419. The van der Waals surface area contributed by atoms with Gasteiger partial charge in [-0.15, -0.1) is 0 Å².